The summed E-state index contributed by atoms with van der Waals surface area (Å²) in [5.74, 6) is -0.380. The third-order valence-electron chi connectivity index (χ3n) is 3.56. The van der Waals surface area contributed by atoms with E-state index < -0.39 is 4.92 Å². The van der Waals surface area contributed by atoms with Gasteiger partial charge in [0.15, 0.2) is 5.11 Å². The van der Waals surface area contributed by atoms with Crippen molar-refractivity contribution in [2.24, 2.45) is 0 Å². The normalized spacial score (nSPS) is 10.1. The Hall–Kier alpha value is -2.80. The van der Waals surface area contributed by atoms with E-state index in [-0.39, 0.29) is 11.6 Å². The summed E-state index contributed by atoms with van der Waals surface area (Å²) in [6.45, 7) is 3.36. The fraction of sp³-hybridized carbons (Fsp3) is 0.222. The van der Waals surface area contributed by atoms with Gasteiger partial charge in [0.2, 0.25) is 0 Å². The minimum atomic E-state index is -0.505. The highest BCUT2D eigenvalue weighted by molar-refractivity contribution is 7.80. The van der Waals surface area contributed by atoms with Gasteiger partial charge in [-0.2, -0.15) is 0 Å². The van der Waals surface area contributed by atoms with Crippen LogP contribution in [0, 0.1) is 10.1 Å². The highest BCUT2D eigenvalue weighted by atomic mass is 32.1. The Kier molecular flexibility index (Phi) is 6.59. The van der Waals surface area contributed by atoms with E-state index in [0.717, 1.165) is 12.0 Å². The lowest BCUT2D eigenvalue weighted by Crippen LogP contribution is -2.42. The maximum Gasteiger partial charge on any atom is 0.269 e. The highest BCUT2D eigenvalue weighted by Gasteiger charge is 2.15. The van der Waals surface area contributed by atoms with Crippen molar-refractivity contribution in [1.29, 1.82) is 0 Å². The van der Waals surface area contributed by atoms with Crippen LogP contribution in [0.15, 0.2) is 54.6 Å². The quantitative estimate of drug-likeness (QED) is 0.486. The third kappa shape index (κ3) is 5.36. The molecule has 2 aromatic carbocycles. The lowest BCUT2D eigenvalue weighted by Gasteiger charge is -2.25. The summed E-state index contributed by atoms with van der Waals surface area (Å²) in [5.41, 5.74) is 1.36. The fourth-order valence-corrected chi connectivity index (χ4v) is 2.56. The van der Waals surface area contributed by atoms with E-state index in [0.29, 0.717) is 23.8 Å². The number of amides is 1. The molecule has 0 aromatic heterocycles. The van der Waals surface area contributed by atoms with Gasteiger partial charge < -0.3 is 4.90 Å². The predicted molar refractivity (Wildman–Crippen MR) is 100 cm³/mol. The molecule has 1 N–H and O–H groups in total. The van der Waals surface area contributed by atoms with Crippen LogP contribution in [-0.2, 0) is 6.54 Å². The van der Waals surface area contributed by atoms with E-state index >= 15 is 0 Å². The Balaban J connectivity index is 2.03. The Morgan fingerprint density at radius 2 is 1.80 bits per heavy atom. The summed E-state index contributed by atoms with van der Waals surface area (Å²) < 4.78 is 0. The lowest BCUT2D eigenvalue weighted by atomic mass is 10.2. The van der Waals surface area contributed by atoms with Gasteiger partial charge in [-0.15, -0.1) is 0 Å². The van der Waals surface area contributed by atoms with Crippen LogP contribution in [0.25, 0.3) is 0 Å². The second-order valence-corrected chi connectivity index (χ2v) is 5.86. The average molecular weight is 357 g/mol. The number of hydrogen-bond acceptors (Lipinski definition) is 4. The molecule has 6 nitrogen and oxygen atoms in total. The molecule has 0 bridgehead atoms. The number of thiocarbonyl (C=S) groups is 1. The Morgan fingerprint density at radius 1 is 1.16 bits per heavy atom. The van der Waals surface area contributed by atoms with Gasteiger partial charge in [0.1, 0.15) is 0 Å². The zero-order valence-electron chi connectivity index (χ0n) is 13.8. The molecule has 2 aromatic rings. The van der Waals surface area contributed by atoms with E-state index in [4.69, 9.17) is 12.2 Å². The molecule has 130 valence electrons. The van der Waals surface area contributed by atoms with E-state index in [9.17, 15) is 14.9 Å². The zero-order chi connectivity index (χ0) is 18.2. The van der Waals surface area contributed by atoms with Crippen LogP contribution < -0.4 is 5.32 Å². The van der Waals surface area contributed by atoms with Gasteiger partial charge in [0.25, 0.3) is 11.6 Å². The van der Waals surface area contributed by atoms with Gasteiger partial charge in [-0.1, -0.05) is 37.3 Å². The molecule has 0 atom stereocenters. The molecule has 2 rings (SSSR count). The van der Waals surface area contributed by atoms with Gasteiger partial charge >= 0.3 is 0 Å². The van der Waals surface area contributed by atoms with Crippen molar-refractivity contribution < 1.29 is 9.72 Å². The van der Waals surface area contributed by atoms with Crippen LogP contribution in [0.3, 0.4) is 0 Å². The molecule has 0 fully saturated rings. The molecule has 7 heteroatoms. The SMILES string of the molecule is CCCN(Cc1ccccc1)C(=S)NC(=O)c1ccc([N+](=O)[O-])cc1. The smallest absolute Gasteiger partial charge is 0.269 e. The van der Waals surface area contributed by atoms with Gasteiger partial charge in [0.05, 0.1) is 4.92 Å². The lowest BCUT2D eigenvalue weighted by molar-refractivity contribution is -0.384. The molecule has 0 heterocycles. The highest BCUT2D eigenvalue weighted by Crippen LogP contribution is 2.12. The van der Waals surface area contributed by atoms with Crippen molar-refractivity contribution >= 4 is 28.9 Å². The van der Waals surface area contributed by atoms with Crippen molar-refractivity contribution in [2.75, 3.05) is 6.54 Å². The van der Waals surface area contributed by atoms with Crippen LogP contribution in [0.5, 0.6) is 0 Å². The third-order valence-corrected chi connectivity index (χ3v) is 3.92. The van der Waals surface area contributed by atoms with E-state index in [2.05, 4.69) is 5.32 Å². The largest absolute Gasteiger partial charge is 0.345 e. The minimum Gasteiger partial charge on any atom is -0.345 e. The van der Waals surface area contributed by atoms with Crippen molar-refractivity contribution in [3.8, 4) is 0 Å². The summed E-state index contributed by atoms with van der Waals surface area (Å²) >= 11 is 5.37. The van der Waals surface area contributed by atoms with Crippen molar-refractivity contribution in [3.05, 3.63) is 75.8 Å². The van der Waals surface area contributed by atoms with E-state index in [1.165, 1.54) is 24.3 Å². The van der Waals surface area contributed by atoms with E-state index in [1.807, 2.05) is 42.2 Å². The minimum absolute atomic E-state index is 0.0594. The van der Waals surface area contributed by atoms with Gasteiger partial charge in [-0.05, 0) is 36.3 Å². The number of non-ortho nitro benzene ring substituents is 1. The van der Waals surface area contributed by atoms with Gasteiger partial charge in [-0.25, -0.2) is 0 Å². The molecular weight excluding hydrogens is 338 g/mol. The number of carbonyl (C=O) groups is 1. The Morgan fingerprint density at radius 3 is 2.36 bits per heavy atom. The number of nitrogens with one attached hydrogen (secondary N) is 1. The van der Waals surface area contributed by atoms with Crippen LogP contribution in [0.1, 0.15) is 29.3 Å². The first-order valence-corrected chi connectivity index (χ1v) is 8.30. The standard InChI is InChI=1S/C18H19N3O3S/c1-2-12-20(13-14-6-4-3-5-7-14)18(25)19-17(22)15-8-10-16(11-9-15)21(23)24/h3-11H,2,12-13H2,1H3,(H,19,22,25). The average Bonchev–Trinajstić information content (AvgIpc) is 2.62. The number of nitro groups is 1. The predicted octanol–water partition coefficient (Wildman–Crippen LogP) is 3.52. The van der Waals surface area contributed by atoms with Gasteiger partial charge in [0, 0.05) is 30.8 Å². The van der Waals surface area contributed by atoms with E-state index in [1.54, 1.807) is 0 Å². The number of carbonyl (C=O) groups excluding carboxylic acids is 1. The maximum absolute atomic E-state index is 12.3. The Labute approximate surface area is 151 Å². The van der Waals surface area contributed by atoms with Gasteiger partial charge in [-0.3, -0.25) is 20.2 Å². The fourth-order valence-electron chi connectivity index (χ4n) is 2.31. The number of benzene rings is 2. The molecule has 1 amide bonds. The first-order chi connectivity index (χ1) is 12.0. The zero-order valence-corrected chi connectivity index (χ0v) is 14.7. The number of nitro benzene ring substituents is 1. The van der Waals surface area contributed by atoms with Crippen LogP contribution in [0.4, 0.5) is 5.69 Å². The second-order valence-electron chi connectivity index (χ2n) is 5.47. The molecule has 0 unspecified atom stereocenters. The first kappa shape index (κ1) is 18.5. The second kappa shape index (κ2) is 8.89. The van der Waals surface area contributed by atoms with Crippen LogP contribution in [-0.4, -0.2) is 27.4 Å². The summed E-state index contributed by atoms with van der Waals surface area (Å²) in [4.78, 5) is 24.4. The van der Waals surface area contributed by atoms with Crippen LogP contribution >= 0.6 is 12.2 Å². The Bertz CT molecular complexity index is 748. The summed E-state index contributed by atoms with van der Waals surface area (Å²) in [6, 6.07) is 15.3. The summed E-state index contributed by atoms with van der Waals surface area (Å²) in [5, 5.41) is 13.7. The summed E-state index contributed by atoms with van der Waals surface area (Å²) in [7, 11) is 0. The molecular formula is C18H19N3O3S. The van der Waals surface area contributed by atoms with Crippen molar-refractivity contribution in [2.45, 2.75) is 19.9 Å². The molecule has 0 aliphatic heterocycles. The number of hydrogen-bond donors (Lipinski definition) is 1. The number of nitrogens with zero attached hydrogens (tertiary/aromatic N) is 2. The topological polar surface area (TPSA) is 75.5 Å². The molecule has 0 aliphatic carbocycles. The summed E-state index contributed by atoms with van der Waals surface area (Å²) in [6.07, 6.45) is 0.889. The van der Waals surface area contributed by atoms with Crippen LogP contribution in [0.2, 0.25) is 0 Å². The maximum atomic E-state index is 12.3. The van der Waals surface area contributed by atoms with Crippen molar-refractivity contribution in [3.63, 3.8) is 0 Å². The first-order valence-electron chi connectivity index (χ1n) is 7.90. The molecule has 0 saturated heterocycles. The molecule has 0 radical (unpaired) electrons. The molecule has 25 heavy (non-hydrogen) atoms. The number of rotatable bonds is 6. The molecule has 0 saturated carbocycles. The van der Waals surface area contributed by atoms with Crippen molar-refractivity contribution in [1.82, 2.24) is 10.2 Å². The molecule has 0 aliphatic rings. The molecule has 0 spiro atoms. The monoisotopic (exact) mass is 357 g/mol.